The van der Waals surface area contributed by atoms with Crippen LogP contribution in [0.1, 0.15) is 22.3 Å². The standard InChI is InChI=1S/C51H30N2O2S/c1-2-12-39-37(11-1)38-30-33(25-26-40(38)51(39)41-13-3-9-19-47(41)56-48-20-10-4-14-42(48)51)31-21-23-32(24-22-31)34-27-35(49-52-43-15-5-7-17-45(43)54-49)29-36(28-34)50-53-44-16-6-8-18-46(44)55-50/h1-30H. The Balaban J connectivity index is 0.974. The van der Waals surface area contributed by atoms with Crippen LogP contribution in [-0.4, -0.2) is 9.97 Å². The molecule has 0 saturated carbocycles. The van der Waals surface area contributed by atoms with Crippen LogP contribution in [-0.2, 0) is 5.41 Å². The molecule has 2 aromatic heterocycles. The first-order chi connectivity index (χ1) is 27.7. The molecule has 12 rings (SSSR count). The quantitative estimate of drug-likeness (QED) is 0.180. The topological polar surface area (TPSA) is 52.1 Å². The molecule has 262 valence electrons. The van der Waals surface area contributed by atoms with E-state index in [0.29, 0.717) is 11.8 Å². The van der Waals surface area contributed by atoms with Crippen LogP contribution in [0, 0.1) is 0 Å². The van der Waals surface area contributed by atoms with Crippen LogP contribution in [0.4, 0.5) is 0 Å². The molecule has 5 heteroatoms. The van der Waals surface area contributed by atoms with Crippen molar-refractivity contribution in [1.29, 1.82) is 0 Å². The van der Waals surface area contributed by atoms with Gasteiger partial charge in [-0.25, -0.2) is 9.97 Å². The monoisotopic (exact) mass is 734 g/mol. The van der Waals surface area contributed by atoms with E-state index in [2.05, 4.69) is 127 Å². The number of fused-ring (bicyclic) bond motifs is 11. The Bertz CT molecular complexity index is 2990. The van der Waals surface area contributed by atoms with E-state index in [9.17, 15) is 0 Å². The van der Waals surface area contributed by atoms with Crippen molar-refractivity contribution >= 4 is 34.0 Å². The molecule has 1 spiro atoms. The van der Waals surface area contributed by atoms with Gasteiger partial charge in [0.05, 0.1) is 5.41 Å². The SMILES string of the molecule is c1ccc2c(c1)Sc1ccccc1C21c2ccccc2-c2cc(-c3ccc(-c4cc(-c5nc6ccccc6o5)cc(-c5nc6ccccc6o5)c4)cc3)ccc21. The molecule has 0 N–H and O–H groups in total. The number of oxazole rings is 2. The first-order valence-corrected chi connectivity index (χ1v) is 19.6. The van der Waals surface area contributed by atoms with Crippen LogP contribution in [0.2, 0.25) is 0 Å². The minimum absolute atomic E-state index is 0.376. The second-order valence-corrected chi connectivity index (χ2v) is 15.6. The van der Waals surface area contributed by atoms with Crippen LogP contribution in [0.3, 0.4) is 0 Å². The summed E-state index contributed by atoms with van der Waals surface area (Å²) in [5.74, 6) is 1.11. The minimum Gasteiger partial charge on any atom is -0.436 e. The highest BCUT2D eigenvalue weighted by atomic mass is 32.2. The maximum Gasteiger partial charge on any atom is 0.227 e. The Kier molecular flexibility index (Phi) is 6.74. The predicted octanol–water partition coefficient (Wildman–Crippen LogP) is 13.5. The molecule has 0 saturated heterocycles. The molecule has 2 aliphatic rings. The summed E-state index contributed by atoms with van der Waals surface area (Å²) in [6.07, 6.45) is 0. The number of nitrogens with zero attached hydrogens (tertiary/aromatic N) is 2. The summed E-state index contributed by atoms with van der Waals surface area (Å²) in [6.45, 7) is 0. The highest BCUT2D eigenvalue weighted by molar-refractivity contribution is 7.99. The largest absolute Gasteiger partial charge is 0.436 e. The van der Waals surface area contributed by atoms with E-state index in [1.54, 1.807) is 0 Å². The fourth-order valence-corrected chi connectivity index (χ4v) is 10.1. The fraction of sp³-hybridized carbons (Fsp3) is 0.0196. The van der Waals surface area contributed by atoms with Crippen LogP contribution < -0.4 is 0 Å². The Hall–Kier alpha value is -6.95. The Morgan fingerprint density at radius 3 is 1.43 bits per heavy atom. The first-order valence-electron chi connectivity index (χ1n) is 18.8. The second-order valence-electron chi connectivity index (χ2n) is 14.5. The molecule has 0 unspecified atom stereocenters. The van der Waals surface area contributed by atoms with Gasteiger partial charge in [0.1, 0.15) is 11.0 Å². The van der Waals surface area contributed by atoms with Gasteiger partial charge >= 0.3 is 0 Å². The lowest BCUT2D eigenvalue weighted by molar-refractivity contribution is 0.617. The van der Waals surface area contributed by atoms with Gasteiger partial charge in [-0.3, -0.25) is 0 Å². The van der Waals surface area contributed by atoms with Gasteiger partial charge in [-0.15, -0.1) is 0 Å². The van der Waals surface area contributed by atoms with Gasteiger partial charge < -0.3 is 8.83 Å². The smallest absolute Gasteiger partial charge is 0.227 e. The minimum atomic E-state index is -0.376. The summed E-state index contributed by atoms with van der Waals surface area (Å²) in [6, 6.07) is 64.8. The van der Waals surface area contributed by atoms with E-state index >= 15 is 0 Å². The molecule has 10 aromatic rings. The van der Waals surface area contributed by atoms with Gasteiger partial charge in [0.2, 0.25) is 11.8 Å². The van der Waals surface area contributed by atoms with Crippen molar-refractivity contribution < 1.29 is 8.83 Å². The maximum absolute atomic E-state index is 6.25. The van der Waals surface area contributed by atoms with Gasteiger partial charge in [0, 0.05) is 20.9 Å². The Morgan fingerprint density at radius 2 is 0.821 bits per heavy atom. The predicted molar refractivity (Wildman–Crippen MR) is 225 cm³/mol. The van der Waals surface area contributed by atoms with E-state index in [0.717, 1.165) is 50.0 Å². The number of hydrogen-bond acceptors (Lipinski definition) is 5. The van der Waals surface area contributed by atoms with Crippen molar-refractivity contribution in [2.45, 2.75) is 15.2 Å². The summed E-state index contributed by atoms with van der Waals surface area (Å²) in [5.41, 5.74) is 16.9. The molecule has 0 fully saturated rings. The first kappa shape index (κ1) is 31.4. The molecule has 4 nitrogen and oxygen atoms in total. The maximum atomic E-state index is 6.25. The molecule has 0 amide bonds. The molecule has 0 radical (unpaired) electrons. The second kappa shape index (κ2) is 12.0. The fourth-order valence-electron chi connectivity index (χ4n) is 8.93. The summed E-state index contributed by atoms with van der Waals surface area (Å²) in [5, 5.41) is 0. The van der Waals surface area contributed by atoms with Crippen molar-refractivity contribution in [3.8, 4) is 56.3 Å². The molecule has 8 aromatic carbocycles. The molecular formula is C51H30N2O2S. The molecule has 56 heavy (non-hydrogen) atoms. The molecule has 3 heterocycles. The van der Waals surface area contributed by atoms with E-state index in [1.807, 2.05) is 66.4 Å². The number of benzene rings is 8. The average Bonchev–Trinajstić information content (AvgIpc) is 3.98. The van der Waals surface area contributed by atoms with E-state index < -0.39 is 0 Å². The Labute approximate surface area is 327 Å². The van der Waals surface area contributed by atoms with Crippen LogP contribution in [0.5, 0.6) is 0 Å². The number of rotatable bonds is 4. The molecular weight excluding hydrogens is 705 g/mol. The van der Waals surface area contributed by atoms with Crippen LogP contribution >= 0.6 is 11.8 Å². The molecule has 1 aliphatic carbocycles. The van der Waals surface area contributed by atoms with Crippen LogP contribution in [0.25, 0.3) is 78.5 Å². The molecule has 0 bridgehead atoms. The number of para-hydroxylation sites is 4. The van der Waals surface area contributed by atoms with Crippen molar-refractivity contribution in [3.63, 3.8) is 0 Å². The van der Waals surface area contributed by atoms with Crippen LogP contribution in [0.15, 0.2) is 201 Å². The lowest BCUT2D eigenvalue weighted by Gasteiger charge is -2.39. The zero-order valence-corrected chi connectivity index (χ0v) is 30.8. The van der Waals surface area contributed by atoms with Gasteiger partial charge in [0.15, 0.2) is 11.2 Å². The lowest BCUT2D eigenvalue weighted by atomic mass is 9.67. The molecule has 0 atom stereocenters. The van der Waals surface area contributed by atoms with Crippen molar-refractivity contribution in [2.24, 2.45) is 0 Å². The third kappa shape index (κ3) is 4.61. The summed E-state index contributed by atoms with van der Waals surface area (Å²) >= 11 is 1.88. The zero-order valence-electron chi connectivity index (χ0n) is 29.9. The third-order valence-electron chi connectivity index (χ3n) is 11.4. The average molecular weight is 735 g/mol. The van der Waals surface area contributed by atoms with Crippen molar-refractivity contribution in [1.82, 2.24) is 9.97 Å². The van der Waals surface area contributed by atoms with Gasteiger partial charge in [-0.05, 0) is 116 Å². The van der Waals surface area contributed by atoms with E-state index in [-0.39, 0.29) is 5.41 Å². The summed E-state index contributed by atoms with van der Waals surface area (Å²) < 4.78 is 12.5. The highest BCUT2D eigenvalue weighted by Crippen LogP contribution is 2.62. The number of hydrogen-bond donors (Lipinski definition) is 0. The summed E-state index contributed by atoms with van der Waals surface area (Å²) in [7, 11) is 0. The van der Waals surface area contributed by atoms with Crippen molar-refractivity contribution in [2.75, 3.05) is 0 Å². The van der Waals surface area contributed by atoms with E-state index in [1.165, 1.54) is 48.7 Å². The third-order valence-corrected chi connectivity index (χ3v) is 12.6. The number of aromatic nitrogens is 2. The zero-order chi connectivity index (χ0) is 36.8. The van der Waals surface area contributed by atoms with Gasteiger partial charge in [0.25, 0.3) is 0 Å². The normalized spacial score (nSPS) is 13.4. The van der Waals surface area contributed by atoms with Gasteiger partial charge in [-0.2, -0.15) is 0 Å². The van der Waals surface area contributed by atoms with E-state index in [4.69, 9.17) is 18.8 Å². The van der Waals surface area contributed by atoms with Gasteiger partial charge in [-0.1, -0.05) is 133 Å². The van der Waals surface area contributed by atoms with Crippen molar-refractivity contribution in [3.05, 3.63) is 204 Å². The highest BCUT2D eigenvalue weighted by Gasteiger charge is 2.50. The Morgan fingerprint density at radius 1 is 0.357 bits per heavy atom. The lowest BCUT2D eigenvalue weighted by Crippen LogP contribution is -2.31. The molecule has 1 aliphatic heterocycles. The summed E-state index contributed by atoms with van der Waals surface area (Å²) in [4.78, 5) is 12.3.